The number of benzene rings is 3. The third-order valence-corrected chi connectivity index (χ3v) is 4.75. The lowest BCUT2D eigenvalue weighted by Crippen LogP contribution is -1.92. The molecule has 3 aromatic carbocycles. The summed E-state index contributed by atoms with van der Waals surface area (Å²) < 4.78 is 0.992. The third-order valence-electron chi connectivity index (χ3n) is 4.06. The molecule has 4 rings (SSSR count). The topological polar surface area (TPSA) is 25.8 Å². The summed E-state index contributed by atoms with van der Waals surface area (Å²) in [6.45, 7) is 0. The SMILES string of the molecule is Brc1ccccc1-c1nccc(-c2ccc(-c3ccccc3)cc2)n1. The Balaban J connectivity index is 1.69. The number of aromatic nitrogens is 2. The van der Waals surface area contributed by atoms with Gasteiger partial charge in [-0.1, -0.05) is 88.7 Å². The molecule has 120 valence electrons. The van der Waals surface area contributed by atoms with E-state index >= 15 is 0 Å². The average Bonchev–Trinajstić information content (AvgIpc) is 2.69. The van der Waals surface area contributed by atoms with Crippen molar-refractivity contribution in [3.8, 4) is 33.8 Å². The van der Waals surface area contributed by atoms with Crippen LogP contribution in [0.3, 0.4) is 0 Å². The molecular formula is C22H15BrN2. The molecule has 0 atom stereocenters. The first-order valence-electron chi connectivity index (χ1n) is 8.05. The first-order chi connectivity index (χ1) is 12.3. The van der Waals surface area contributed by atoms with Gasteiger partial charge in [0.1, 0.15) is 0 Å². The lowest BCUT2D eigenvalue weighted by Gasteiger charge is -2.07. The Morgan fingerprint density at radius 2 is 1.24 bits per heavy atom. The van der Waals surface area contributed by atoms with Crippen LogP contribution in [-0.2, 0) is 0 Å². The number of hydrogen-bond donors (Lipinski definition) is 0. The predicted octanol–water partition coefficient (Wildman–Crippen LogP) is 6.24. The van der Waals surface area contributed by atoms with Gasteiger partial charge in [-0.3, -0.25) is 0 Å². The Morgan fingerprint density at radius 3 is 2.00 bits per heavy atom. The minimum absolute atomic E-state index is 0.720. The molecule has 0 aliphatic heterocycles. The normalized spacial score (nSPS) is 10.6. The van der Waals surface area contributed by atoms with Crippen LogP contribution in [0.25, 0.3) is 33.8 Å². The second-order valence-electron chi connectivity index (χ2n) is 5.69. The largest absolute Gasteiger partial charge is 0.237 e. The Bertz CT molecular complexity index is 996. The quantitative estimate of drug-likeness (QED) is 0.416. The molecular weight excluding hydrogens is 372 g/mol. The Labute approximate surface area is 155 Å². The van der Waals surface area contributed by atoms with Gasteiger partial charge < -0.3 is 0 Å². The van der Waals surface area contributed by atoms with Crippen molar-refractivity contribution >= 4 is 15.9 Å². The minimum Gasteiger partial charge on any atom is -0.237 e. The molecule has 0 saturated heterocycles. The van der Waals surface area contributed by atoms with Gasteiger partial charge in [-0.05, 0) is 23.3 Å². The smallest absolute Gasteiger partial charge is 0.160 e. The van der Waals surface area contributed by atoms with E-state index in [-0.39, 0.29) is 0 Å². The molecule has 0 aliphatic rings. The molecule has 0 unspecified atom stereocenters. The number of hydrogen-bond acceptors (Lipinski definition) is 2. The average molecular weight is 387 g/mol. The molecule has 1 heterocycles. The standard InChI is InChI=1S/C22H15BrN2/c23-20-9-5-4-8-19(20)22-24-15-14-21(25-22)18-12-10-17(11-13-18)16-6-2-1-3-7-16/h1-15H. The molecule has 2 nitrogen and oxygen atoms in total. The molecule has 0 aliphatic carbocycles. The van der Waals surface area contributed by atoms with Crippen LogP contribution in [-0.4, -0.2) is 9.97 Å². The molecule has 0 bridgehead atoms. The van der Waals surface area contributed by atoms with Gasteiger partial charge in [-0.2, -0.15) is 0 Å². The highest BCUT2D eigenvalue weighted by molar-refractivity contribution is 9.10. The van der Waals surface area contributed by atoms with Gasteiger partial charge in [-0.25, -0.2) is 9.97 Å². The summed E-state index contributed by atoms with van der Waals surface area (Å²) in [6.07, 6.45) is 1.81. The third kappa shape index (κ3) is 3.37. The van der Waals surface area contributed by atoms with Crippen molar-refractivity contribution in [2.75, 3.05) is 0 Å². The van der Waals surface area contributed by atoms with Gasteiger partial charge in [0, 0.05) is 21.8 Å². The summed E-state index contributed by atoms with van der Waals surface area (Å²) in [5, 5.41) is 0. The van der Waals surface area contributed by atoms with Crippen molar-refractivity contribution in [1.29, 1.82) is 0 Å². The maximum atomic E-state index is 4.74. The van der Waals surface area contributed by atoms with E-state index in [4.69, 9.17) is 4.98 Å². The lowest BCUT2D eigenvalue weighted by molar-refractivity contribution is 1.18. The highest BCUT2D eigenvalue weighted by Crippen LogP contribution is 2.28. The highest BCUT2D eigenvalue weighted by Gasteiger charge is 2.08. The minimum atomic E-state index is 0.720. The summed E-state index contributed by atoms with van der Waals surface area (Å²) in [7, 11) is 0. The summed E-state index contributed by atoms with van der Waals surface area (Å²) in [5.74, 6) is 0.720. The fourth-order valence-corrected chi connectivity index (χ4v) is 3.22. The van der Waals surface area contributed by atoms with Crippen molar-refractivity contribution in [1.82, 2.24) is 9.97 Å². The van der Waals surface area contributed by atoms with Crippen LogP contribution in [0, 0.1) is 0 Å². The van der Waals surface area contributed by atoms with Gasteiger partial charge in [-0.15, -0.1) is 0 Å². The van der Waals surface area contributed by atoms with Crippen LogP contribution in [0.4, 0.5) is 0 Å². The second kappa shape index (κ2) is 6.99. The van der Waals surface area contributed by atoms with Crippen LogP contribution in [0.1, 0.15) is 0 Å². The fraction of sp³-hybridized carbons (Fsp3) is 0. The zero-order valence-corrected chi connectivity index (χ0v) is 15.0. The van der Waals surface area contributed by atoms with Crippen LogP contribution in [0.5, 0.6) is 0 Å². The van der Waals surface area contributed by atoms with Crippen molar-refractivity contribution < 1.29 is 0 Å². The van der Waals surface area contributed by atoms with Crippen molar-refractivity contribution in [2.24, 2.45) is 0 Å². The maximum absolute atomic E-state index is 4.74. The molecule has 0 N–H and O–H groups in total. The molecule has 3 heteroatoms. The van der Waals surface area contributed by atoms with E-state index in [9.17, 15) is 0 Å². The van der Waals surface area contributed by atoms with E-state index in [0.717, 1.165) is 27.1 Å². The van der Waals surface area contributed by atoms with Gasteiger partial charge in [0.25, 0.3) is 0 Å². The van der Waals surface area contributed by atoms with Gasteiger partial charge in [0.05, 0.1) is 5.69 Å². The molecule has 0 radical (unpaired) electrons. The van der Waals surface area contributed by atoms with E-state index in [2.05, 4.69) is 69.4 Å². The molecule has 25 heavy (non-hydrogen) atoms. The van der Waals surface area contributed by atoms with Crippen LogP contribution in [0.2, 0.25) is 0 Å². The first kappa shape index (κ1) is 15.7. The van der Waals surface area contributed by atoms with Gasteiger partial charge in [0.2, 0.25) is 0 Å². The van der Waals surface area contributed by atoms with Crippen molar-refractivity contribution in [3.05, 3.63) is 95.6 Å². The Morgan fingerprint density at radius 1 is 0.600 bits per heavy atom. The number of nitrogens with zero attached hydrogens (tertiary/aromatic N) is 2. The fourth-order valence-electron chi connectivity index (χ4n) is 2.76. The number of halogens is 1. The van der Waals surface area contributed by atoms with Crippen molar-refractivity contribution in [3.63, 3.8) is 0 Å². The Hall–Kier alpha value is -2.78. The van der Waals surface area contributed by atoms with E-state index in [1.807, 2.05) is 42.6 Å². The van der Waals surface area contributed by atoms with E-state index in [1.54, 1.807) is 0 Å². The molecule has 0 saturated carbocycles. The maximum Gasteiger partial charge on any atom is 0.160 e. The van der Waals surface area contributed by atoms with Crippen molar-refractivity contribution in [2.45, 2.75) is 0 Å². The monoisotopic (exact) mass is 386 g/mol. The van der Waals surface area contributed by atoms with E-state index in [1.165, 1.54) is 11.1 Å². The second-order valence-corrected chi connectivity index (χ2v) is 6.54. The van der Waals surface area contributed by atoms with Crippen LogP contribution < -0.4 is 0 Å². The predicted molar refractivity (Wildman–Crippen MR) is 106 cm³/mol. The summed E-state index contributed by atoms with van der Waals surface area (Å²) >= 11 is 3.57. The van der Waals surface area contributed by atoms with E-state index < -0.39 is 0 Å². The zero-order valence-electron chi connectivity index (χ0n) is 13.4. The van der Waals surface area contributed by atoms with Gasteiger partial charge in [0.15, 0.2) is 5.82 Å². The molecule has 0 fully saturated rings. The first-order valence-corrected chi connectivity index (χ1v) is 8.84. The molecule has 1 aromatic heterocycles. The van der Waals surface area contributed by atoms with E-state index in [0.29, 0.717) is 0 Å². The zero-order chi connectivity index (χ0) is 17.1. The number of rotatable bonds is 3. The van der Waals surface area contributed by atoms with Crippen LogP contribution in [0.15, 0.2) is 95.6 Å². The van der Waals surface area contributed by atoms with Crippen LogP contribution >= 0.6 is 15.9 Å². The molecule has 4 aromatic rings. The summed E-state index contributed by atoms with van der Waals surface area (Å²) in [4.78, 5) is 9.16. The Kier molecular flexibility index (Phi) is 4.40. The summed E-state index contributed by atoms with van der Waals surface area (Å²) in [6, 6.07) is 28.8. The molecule has 0 amide bonds. The van der Waals surface area contributed by atoms with Gasteiger partial charge >= 0.3 is 0 Å². The highest BCUT2D eigenvalue weighted by atomic mass is 79.9. The molecule has 0 spiro atoms. The lowest BCUT2D eigenvalue weighted by atomic mass is 10.0. The summed E-state index contributed by atoms with van der Waals surface area (Å²) in [5.41, 5.74) is 5.40.